The van der Waals surface area contributed by atoms with Crippen molar-refractivity contribution in [1.29, 1.82) is 0 Å². The van der Waals surface area contributed by atoms with E-state index in [0.29, 0.717) is 11.1 Å². The van der Waals surface area contributed by atoms with Crippen LogP contribution in [-0.4, -0.2) is 24.5 Å². The van der Waals surface area contributed by atoms with E-state index in [0.717, 1.165) is 37.7 Å². The summed E-state index contributed by atoms with van der Waals surface area (Å²) in [7, 11) is 0. The summed E-state index contributed by atoms with van der Waals surface area (Å²) in [6, 6.07) is 16.2. The Bertz CT molecular complexity index is 845. The van der Waals surface area contributed by atoms with Gasteiger partial charge in [0.05, 0.1) is 12.2 Å². The highest BCUT2D eigenvalue weighted by Crippen LogP contribution is 2.28. The molecule has 3 rings (SSSR count). The predicted molar refractivity (Wildman–Crippen MR) is 109 cm³/mol. The van der Waals surface area contributed by atoms with Crippen LogP contribution in [0.2, 0.25) is 0 Å². The highest BCUT2D eigenvalue weighted by Gasteiger charge is 2.25. The molecule has 152 valence electrons. The molecule has 2 amide bonds. The van der Waals surface area contributed by atoms with Gasteiger partial charge in [0.25, 0.3) is 5.91 Å². The molecule has 0 heterocycles. The lowest BCUT2D eigenvalue weighted by Crippen LogP contribution is -2.38. The first-order chi connectivity index (χ1) is 14.1. The lowest BCUT2D eigenvalue weighted by Gasteiger charge is -2.21. The van der Waals surface area contributed by atoms with Gasteiger partial charge in [-0.05, 0) is 24.5 Å². The van der Waals surface area contributed by atoms with Crippen molar-refractivity contribution >= 4 is 17.8 Å². The normalized spacial score (nSPS) is 14.1. The van der Waals surface area contributed by atoms with Gasteiger partial charge in [-0.15, -0.1) is 0 Å². The van der Waals surface area contributed by atoms with Crippen molar-refractivity contribution in [2.75, 3.05) is 6.67 Å². The molecule has 0 spiro atoms. The number of alkyl carbamates (subject to hydrolysis) is 1. The van der Waals surface area contributed by atoms with Crippen LogP contribution in [0.25, 0.3) is 0 Å². The average molecular weight is 394 g/mol. The van der Waals surface area contributed by atoms with Crippen LogP contribution in [-0.2, 0) is 11.3 Å². The molecule has 0 unspecified atom stereocenters. The van der Waals surface area contributed by atoms with Crippen molar-refractivity contribution in [1.82, 2.24) is 10.6 Å². The van der Waals surface area contributed by atoms with E-state index in [2.05, 4.69) is 10.6 Å². The highest BCUT2D eigenvalue weighted by atomic mass is 16.5. The number of rotatable bonds is 7. The van der Waals surface area contributed by atoms with Crippen LogP contribution in [0.15, 0.2) is 54.6 Å². The van der Waals surface area contributed by atoms with Gasteiger partial charge < -0.3 is 15.4 Å². The van der Waals surface area contributed by atoms with Gasteiger partial charge in [0.2, 0.25) is 0 Å². The molecule has 0 radical (unpaired) electrons. The third kappa shape index (κ3) is 5.91. The van der Waals surface area contributed by atoms with E-state index in [9.17, 15) is 14.4 Å². The number of ketones is 1. The van der Waals surface area contributed by atoms with E-state index < -0.39 is 12.0 Å². The van der Waals surface area contributed by atoms with E-state index in [1.54, 1.807) is 24.3 Å². The Hall–Kier alpha value is -3.15. The maximum Gasteiger partial charge on any atom is 0.408 e. The van der Waals surface area contributed by atoms with Crippen LogP contribution in [0, 0.1) is 5.92 Å². The minimum atomic E-state index is -0.624. The van der Waals surface area contributed by atoms with Crippen molar-refractivity contribution in [2.24, 2.45) is 5.92 Å². The maximum atomic E-state index is 12.9. The molecule has 6 heteroatoms. The monoisotopic (exact) mass is 394 g/mol. The van der Waals surface area contributed by atoms with Crippen LogP contribution in [0.5, 0.6) is 0 Å². The molecular weight excluding hydrogens is 368 g/mol. The summed E-state index contributed by atoms with van der Waals surface area (Å²) in [6.07, 6.45) is 4.41. The molecule has 0 aromatic heterocycles. The zero-order valence-corrected chi connectivity index (χ0v) is 16.4. The Balaban J connectivity index is 1.50. The van der Waals surface area contributed by atoms with Gasteiger partial charge in [0.1, 0.15) is 6.61 Å². The summed E-state index contributed by atoms with van der Waals surface area (Å²) < 4.78 is 5.10. The lowest BCUT2D eigenvalue weighted by molar-refractivity contribution is 0.0872. The minimum absolute atomic E-state index is 0.0104. The smallest absolute Gasteiger partial charge is 0.408 e. The molecule has 0 bridgehead atoms. The minimum Gasteiger partial charge on any atom is -0.445 e. The number of hydrogen-bond donors (Lipinski definition) is 2. The van der Waals surface area contributed by atoms with E-state index in [1.807, 2.05) is 30.3 Å². The molecule has 1 aliphatic carbocycles. The van der Waals surface area contributed by atoms with Gasteiger partial charge in [-0.3, -0.25) is 9.59 Å². The van der Waals surface area contributed by atoms with E-state index in [-0.39, 0.29) is 25.0 Å². The number of carbonyl (C=O) groups excluding carboxylic acids is 3. The zero-order valence-electron chi connectivity index (χ0n) is 16.4. The van der Waals surface area contributed by atoms with Crippen molar-refractivity contribution in [3.8, 4) is 0 Å². The summed E-state index contributed by atoms with van der Waals surface area (Å²) in [6.45, 7) is 0.0672. The lowest BCUT2D eigenvalue weighted by atomic mass is 9.83. The third-order valence-corrected chi connectivity index (χ3v) is 5.11. The molecule has 2 N–H and O–H groups in total. The van der Waals surface area contributed by atoms with E-state index in [4.69, 9.17) is 4.74 Å². The van der Waals surface area contributed by atoms with Crippen LogP contribution >= 0.6 is 0 Å². The number of ether oxygens (including phenoxy) is 1. The molecule has 0 atom stereocenters. The zero-order chi connectivity index (χ0) is 20.5. The number of amides is 2. The Morgan fingerprint density at radius 2 is 1.48 bits per heavy atom. The first kappa shape index (κ1) is 20.6. The van der Waals surface area contributed by atoms with Crippen molar-refractivity contribution < 1.29 is 19.1 Å². The fourth-order valence-electron chi connectivity index (χ4n) is 3.55. The number of hydrogen-bond acceptors (Lipinski definition) is 4. The Labute approximate surface area is 170 Å². The largest absolute Gasteiger partial charge is 0.445 e. The molecule has 2 aromatic carbocycles. The molecule has 1 aliphatic rings. The standard InChI is InChI=1S/C23H26N2O4/c26-21(18-11-5-2-6-12-18)19-13-7-8-14-20(19)22(27)24-16-25-23(28)29-15-17-9-3-1-4-10-17/h1,3-4,7-10,13-14,18H,2,5-6,11-12,15-16H2,(H,24,27)(H,25,28). The van der Waals surface area contributed by atoms with Crippen LogP contribution in [0.4, 0.5) is 4.79 Å². The Morgan fingerprint density at radius 3 is 2.21 bits per heavy atom. The number of Topliss-reactive ketones (excluding diaryl/α,β-unsaturated/α-hetero) is 1. The average Bonchev–Trinajstić information content (AvgIpc) is 2.78. The molecule has 6 nitrogen and oxygen atoms in total. The number of benzene rings is 2. The molecule has 0 saturated heterocycles. The van der Waals surface area contributed by atoms with Gasteiger partial charge >= 0.3 is 6.09 Å². The van der Waals surface area contributed by atoms with Gasteiger partial charge in [-0.25, -0.2) is 4.79 Å². The second-order valence-electron chi connectivity index (χ2n) is 7.17. The predicted octanol–water partition coefficient (Wildman–Crippen LogP) is 4.06. The van der Waals surface area contributed by atoms with Gasteiger partial charge in [0, 0.05) is 11.5 Å². The molecular formula is C23H26N2O4. The topological polar surface area (TPSA) is 84.5 Å². The summed E-state index contributed by atoms with van der Waals surface area (Å²) in [4.78, 5) is 37.2. The van der Waals surface area contributed by atoms with Gasteiger partial charge in [-0.1, -0.05) is 67.8 Å². The second kappa shape index (κ2) is 10.4. The molecule has 29 heavy (non-hydrogen) atoms. The van der Waals surface area contributed by atoms with Crippen LogP contribution < -0.4 is 10.6 Å². The number of nitrogens with one attached hydrogen (secondary N) is 2. The van der Waals surface area contributed by atoms with Crippen LogP contribution in [0.3, 0.4) is 0 Å². The summed E-state index contributed by atoms with van der Waals surface area (Å²) in [5.41, 5.74) is 1.66. The molecule has 1 fully saturated rings. The quantitative estimate of drug-likeness (QED) is 0.548. The second-order valence-corrected chi connectivity index (χ2v) is 7.17. The van der Waals surface area contributed by atoms with Crippen molar-refractivity contribution in [3.05, 3.63) is 71.3 Å². The first-order valence-electron chi connectivity index (χ1n) is 10.0. The number of carbonyl (C=O) groups is 3. The summed E-state index contributed by atoms with van der Waals surface area (Å²) in [5, 5.41) is 5.11. The summed E-state index contributed by atoms with van der Waals surface area (Å²) >= 11 is 0. The Morgan fingerprint density at radius 1 is 0.828 bits per heavy atom. The van der Waals surface area contributed by atoms with Crippen molar-refractivity contribution in [2.45, 2.75) is 38.7 Å². The Kier molecular flexibility index (Phi) is 7.39. The highest BCUT2D eigenvalue weighted by molar-refractivity contribution is 6.08. The van der Waals surface area contributed by atoms with E-state index in [1.165, 1.54) is 0 Å². The van der Waals surface area contributed by atoms with Gasteiger partial charge in [0.15, 0.2) is 5.78 Å². The summed E-state index contributed by atoms with van der Waals surface area (Å²) in [5.74, 6) is -0.373. The maximum absolute atomic E-state index is 12.9. The SMILES string of the molecule is O=C(NCNC(=O)c1ccccc1C(=O)C1CCCCC1)OCc1ccccc1. The molecule has 0 aliphatic heterocycles. The van der Waals surface area contributed by atoms with E-state index >= 15 is 0 Å². The van der Waals surface area contributed by atoms with Crippen LogP contribution in [0.1, 0.15) is 58.4 Å². The van der Waals surface area contributed by atoms with Crippen molar-refractivity contribution in [3.63, 3.8) is 0 Å². The fraction of sp³-hybridized carbons (Fsp3) is 0.348. The molecule has 1 saturated carbocycles. The van der Waals surface area contributed by atoms with Gasteiger partial charge in [-0.2, -0.15) is 0 Å². The first-order valence-corrected chi connectivity index (χ1v) is 10.0. The fourth-order valence-corrected chi connectivity index (χ4v) is 3.55. The third-order valence-electron chi connectivity index (χ3n) is 5.11. The molecule has 2 aromatic rings.